The third-order valence-corrected chi connectivity index (χ3v) is 5.03. The van der Waals surface area contributed by atoms with E-state index in [1.54, 1.807) is 17.9 Å². The topological polar surface area (TPSA) is 79.6 Å². The van der Waals surface area contributed by atoms with Crippen LogP contribution in [0.2, 0.25) is 0 Å². The molecule has 0 aliphatic carbocycles. The Kier molecular flexibility index (Phi) is 6.00. The first kappa shape index (κ1) is 19.9. The number of benzene rings is 2. The lowest BCUT2D eigenvalue weighted by atomic mass is 10.1. The Balaban J connectivity index is 1.78. The number of halogens is 1. The van der Waals surface area contributed by atoms with Gasteiger partial charge in [-0.2, -0.15) is 5.26 Å². The maximum absolute atomic E-state index is 12.7. The van der Waals surface area contributed by atoms with Crippen molar-refractivity contribution < 1.29 is 19.1 Å². The number of carbonyl (C=O) groups is 2. The monoisotopic (exact) mass is 442 g/mol. The highest BCUT2D eigenvalue weighted by atomic mass is 79.9. The molecule has 1 amide bonds. The average Bonchev–Trinajstić information content (AvgIpc) is 3.06. The molecule has 1 aliphatic rings. The molecule has 7 heteroatoms. The van der Waals surface area contributed by atoms with Gasteiger partial charge in [0.1, 0.15) is 0 Å². The zero-order chi connectivity index (χ0) is 20.3. The van der Waals surface area contributed by atoms with E-state index in [1.807, 2.05) is 37.3 Å². The predicted octanol–water partition coefficient (Wildman–Crippen LogP) is 3.99. The van der Waals surface area contributed by atoms with Gasteiger partial charge in [-0.05, 0) is 48.0 Å². The molecule has 0 bridgehead atoms. The van der Waals surface area contributed by atoms with Gasteiger partial charge in [0.15, 0.2) is 11.5 Å². The molecular weight excluding hydrogens is 424 g/mol. The van der Waals surface area contributed by atoms with Gasteiger partial charge in [0.25, 0.3) is 0 Å². The summed E-state index contributed by atoms with van der Waals surface area (Å²) in [7, 11) is 0. The number of hydrogen-bond donors (Lipinski definition) is 0. The molecule has 1 atom stereocenters. The molecule has 144 valence electrons. The number of rotatable bonds is 5. The molecule has 3 rings (SSSR count). The van der Waals surface area contributed by atoms with Gasteiger partial charge in [-0.3, -0.25) is 9.59 Å². The normalized spacial score (nSPS) is 16.0. The van der Waals surface area contributed by atoms with Crippen molar-refractivity contribution in [2.45, 2.75) is 20.3 Å². The maximum Gasteiger partial charge on any atom is 0.316 e. The molecule has 1 fully saturated rings. The minimum Gasteiger partial charge on any atom is -0.490 e. The van der Waals surface area contributed by atoms with E-state index in [9.17, 15) is 9.59 Å². The molecule has 0 saturated carbocycles. The van der Waals surface area contributed by atoms with Crippen LogP contribution in [0.5, 0.6) is 11.5 Å². The van der Waals surface area contributed by atoms with Gasteiger partial charge in [-0.25, -0.2) is 0 Å². The summed E-state index contributed by atoms with van der Waals surface area (Å²) in [6.07, 6.45) is 0.0879. The highest BCUT2D eigenvalue weighted by molar-refractivity contribution is 9.10. The Labute approximate surface area is 171 Å². The van der Waals surface area contributed by atoms with E-state index in [-0.39, 0.29) is 24.6 Å². The number of carbonyl (C=O) groups excluding carboxylic acids is 2. The molecule has 0 aromatic heterocycles. The van der Waals surface area contributed by atoms with Gasteiger partial charge >= 0.3 is 5.97 Å². The second-order valence-corrected chi connectivity index (χ2v) is 7.35. The van der Waals surface area contributed by atoms with Crippen molar-refractivity contribution in [1.82, 2.24) is 0 Å². The van der Waals surface area contributed by atoms with E-state index in [1.165, 1.54) is 6.07 Å². The lowest BCUT2D eigenvalue weighted by Gasteiger charge is -2.17. The summed E-state index contributed by atoms with van der Waals surface area (Å²) in [5.41, 5.74) is 2.25. The van der Waals surface area contributed by atoms with Crippen LogP contribution < -0.4 is 14.4 Å². The highest BCUT2D eigenvalue weighted by Crippen LogP contribution is 2.38. The molecule has 1 heterocycles. The SMILES string of the molecule is CCOc1cc(C#N)cc(Br)c1OC(=O)C1CC(=O)N(c2ccc(C)cc2)C1. The van der Waals surface area contributed by atoms with Gasteiger partial charge < -0.3 is 14.4 Å². The van der Waals surface area contributed by atoms with Crippen LogP contribution in [0.25, 0.3) is 0 Å². The summed E-state index contributed by atoms with van der Waals surface area (Å²) >= 11 is 3.33. The minimum atomic E-state index is -0.578. The molecule has 1 unspecified atom stereocenters. The minimum absolute atomic E-state index is 0.0879. The van der Waals surface area contributed by atoms with E-state index >= 15 is 0 Å². The second kappa shape index (κ2) is 8.44. The lowest BCUT2D eigenvalue weighted by molar-refractivity contribution is -0.139. The number of amides is 1. The van der Waals surface area contributed by atoms with E-state index in [4.69, 9.17) is 14.7 Å². The summed E-state index contributed by atoms with van der Waals surface area (Å²) in [5, 5.41) is 9.11. The van der Waals surface area contributed by atoms with Crippen LogP contribution in [0.15, 0.2) is 40.9 Å². The predicted molar refractivity (Wildman–Crippen MR) is 107 cm³/mol. The van der Waals surface area contributed by atoms with Crippen molar-refractivity contribution in [2.75, 3.05) is 18.1 Å². The van der Waals surface area contributed by atoms with Crippen LogP contribution in [0, 0.1) is 24.2 Å². The number of aryl methyl sites for hydroxylation is 1. The van der Waals surface area contributed by atoms with Crippen molar-refractivity contribution in [3.05, 3.63) is 52.0 Å². The van der Waals surface area contributed by atoms with Crippen LogP contribution in [0.3, 0.4) is 0 Å². The Morgan fingerprint density at radius 2 is 2.04 bits per heavy atom. The van der Waals surface area contributed by atoms with Crippen molar-refractivity contribution in [1.29, 1.82) is 5.26 Å². The Morgan fingerprint density at radius 3 is 2.68 bits per heavy atom. The number of nitriles is 1. The standard InChI is InChI=1S/C21H19BrN2O4/c1-3-27-18-9-14(11-23)8-17(22)20(18)28-21(26)15-10-19(25)24(12-15)16-6-4-13(2)5-7-16/h4-9,15H,3,10,12H2,1-2H3. The van der Waals surface area contributed by atoms with Crippen molar-refractivity contribution in [3.63, 3.8) is 0 Å². The van der Waals surface area contributed by atoms with Crippen LogP contribution in [-0.2, 0) is 9.59 Å². The second-order valence-electron chi connectivity index (χ2n) is 6.49. The third-order valence-electron chi connectivity index (χ3n) is 4.45. The van der Waals surface area contributed by atoms with E-state index < -0.39 is 11.9 Å². The fourth-order valence-electron chi connectivity index (χ4n) is 3.02. The Bertz CT molecular complexity index is 950. The number of nitrogens with zero attached hydrogens (tertiary/aromatic N) is 2. The van der Waals surface area contributed by atoms with E-state index in [2.05, 4.69) is 15.9 Å². The van der Waals surface area contributed by atoms with E-state index in [0.717, 1.165) is 11.3 Å². The first-order valence-electron chi connectivity index (χ1n) is 8.88. The van der Waals surface area contributed by atoms with Gasteiger partial charge in [-0.1, -0.05) is 17.7 Å². The van der Waals surface area contributed by atoms with Crippen LogP contribution in [-0.4, -0.2) is 25.0 Å². The fraction of sp³-hybridized carbons (Fsp3) is 0.286. The fourth-order valence-corrected chi connectivity index (χ4v) is 3.54. The van der Waals surface area contributed by atoms with Crippen LogP contribution in [0.4, 0.5) is 5.69 Å². The molecule has 28 heavy (non-hydrogen) atoms. The molecular formula is C21H19BrN2O4. The summed E-state index contributed by atoms with van der Waals surface area (Å²) in [6, 6.07) is 12.7. The lowest BCUT2D eigenvalue weighted by Crippen LogP contribution is -2.27. The number of anilines is 1. The quantitative estimate of drug-likeness (QED) is 0.516. The maximum atomic E-state index is 12.7. The van der Waals surface area contributed by atoms with Crippen LogP contribution >= 0.6 is 15.9 Å². The Morgan fingerprint density at radius 1 is 1.32 bits per heavy atom. The largest absolute Gasteiger partial charge is 0.490 e. The molecule has 0 radical (unpaired) electrons. The zero-order valence-electron chi connectivity index (χ0n) is 15.6. The number of esters is 1. The van der Waals surface area contributed by atoms with Gasteiger partial charge in [0.05, 0.1) is 28.6 Å². The summed E-state index contributed by atoms with van der Waals surface area (Å²) in [4.78, 5) is 26.7. The van der Waals surface area contributed by atoms with Crippen LogP contribution in [0.1, 0.15) is 24.5 Å². The molecule has 2 aromatic rings. The summed E-state index contributed by atoms with van der Waals surface area (Å²) in [5.74, 6) is -0.677. The van der Waals surface area contributed by atoms with Crippen molar-refractivity contribution in [2.24, 2.45) is 5.92 Å². The smallest absolute Gasteiger partial charge is 0.316 e. The highest BCUT2D eigenvalue weighted by Gasteiger charge is 2.37. The van der Waals surface area contributed by atoms with Crippen molar-refractivity contribution >= 4 is 33.5 Å². The van der Waals surface area contributed by atoms with Gasteiger partial charge in [0, 0.05) is 24.7 Å². The molecule has 6 nitrogen and oxygen atoms in total. The van der Waals surface area contributed by atoms with Crippen molar-refractivity contribution in [3.8, 4) is 17.6 Å². The first-order chi connectivity index (χ1) is 13.4. The summed E-state index contributed by atoms with van der Waals surface area (Å²) in [6.45, 7) is 4.39. The number of hydrogen-bond acceptors (Lipinski definition) is 5. The molecule has 0 spiro atoms. The summed E-state index contributed by atoms with van der Waals surface area (Å²) < 4.78 is 11.5. The molecule has 1 aliphatic heterocycles. The van der Waals surface area contributed by atoms with Gasteiger partial charge in [-0.15, -0.1) is 0 Å². The molecule has 1 saturated heterocycles. The molecule has 0 N–H and O–H groups in total. The zero-order valence-corrected chi connectivity index (χ0v) is 17.2. The third kappa shape index (κ3) is 4.18. The first-order valence-corrected chi connectivity index (χ1v) is 9.67. The molecule has 2 aromatic carbocycles. The average molecular weight is 443 g/mol. The van der Waals surface area contributed by atoms with Gasteiger partial charge in [0.2, 0.25) is 5.91 Å². The van der Waals surface area contributed by atoms with E-state index in [0.29, 0.717) is 22.4 Å². The Hall–Kier alpha value is -2.85. The number of ether oxygens (including phenoxy) is 2.